The first-order chi connectivity index (χ1) is 10.5. The number of nitrogens with one attached hydrogen (secondary N) is 2. The van der Waals surface area contributed by atoms with Crippen LogP contribution in [0.1, 0.15) is 0 Å². The minimum atomic E-state index is -0.784. The number of benzene rings is 2. The first kappa shape index (κ1) is 16.7. The lowest BCUT2D eigenvalue weighted by Crippen LogP contribution is -2.29. The van der Waals surface area contributed by atoms with Gasteiger partial charge in [0.2, 0.25) is 0 Å². The number of anilines is 2. The van der Waals surface area contributed by atoms with Crippen molar-refractivity contribution in [2.75, 3.05) is 16.9 Å². The Balaban J connectivity index is 2.02. The van der Waals surface area contributed by atoms with E-state index in [2.05, 4.69) is 10.6 Å². The molecule has 0 saturated carbocycles. The highest BCUT2D eigenvalue weighted by molar-refractivity contribution is 7.98. The van der Waals surface area contributed by atoms with Crippen LogP contribution in [-0.2, 0) is 9.59 Å². The highest BCUT2D eigenvalue weighted by Crippen LogP contribution is 2.25. The normalized spacial score (nSPS) is 10.1. The molecule has 0 radical (unpaired) electrons. The van der Waals surface area contributed by atoms with E-state index in [0.29, 0.717) is 21.4 Å². The second-order valence-electron chi connectivity index (χ2n) is 4.27. The smallest absolute Gasteiger partial charge is 0.314 e. The van der Waals surface area contributed by atoms with Crippen molar-refractivity contribution >= 4 is 58.2 Å². The van der Waals surface area contributed by atoms with Crippen molar-refractivity contribution in [3.63, 3.8) is 0 Å². The van der Waals surface area contributed by atoms with Crippen LogP contribution in [0.25, 0.3) is 0 Å². The number of hydrogen-bond acceptors (Lipinski definition) is 3. The number of rotatable bonds is 3. The molecule has 0 heterocycles. The molecule has 0 bridgehead atoms. The van der Waals surface area contributed by atoms with E-state index in [1.54, 1.807) is 42.1 Å². The average Bonchev–Trinajstić information content (AvgIpc) is 2.51. The third kappa shape index (κ3) is 4.40. The van der Waals surface area contributed by atoms with Gasteiger partial charge in [-0.1, -0.05) is 29.3 Å². The van der Waals surface area contributed by atoms with Crippen molar-refractivity contribution in [1.29, 1.82) is 0 Å². The van der Waals surface area contributed by atoms with Crippen LogP contribution in [0.4, 0.5) is 11.4 Å². The zero-order valence-electron chi connectivity index (χ0n) is 11.5. The van der Waals surface area contributed by atoms with Crippen LogP contribution in [0.3, 0.4) is 0 Å². The number of thioether (sulfide) groups is 1. The summed E-state index contributed by atoms with van der Waals surface area (Å²) >= 11 is 13.2. The minimum absolute atomic E-state index is 0.299. The van der Waals surface area contributed by atoms with Crippen LogP contribution < -0.4 is 10.6 Å². The highest BCUT2D eigenvalue weighted by Gasteiger charge is 2.14. The lowest BCUT2D eigenvalue weighted by Gasteiger charge is -2.08. The lowest BCUT2D eigenvalue weighted by atomic mass is 10.3. The second-order valence-corrected chi connectivity index (χ2v) is 5.96. The maximum Gasteiger partial charge on any atom is 0.314 e. The predicted molar refractivity (Wildman–Crippen MR) is 91.9 cm³/mol. The van der Waals surface area contributed by atoms with E-state index in [1.807, 2.05) is 12.3 Å². The fourth-order valence-electron chi connectivity index (χ4n) is 1.65. The third-order valence-corrected chi connectivity index (χ3v) is 4.18. The Kier molecular flexibility index (Phi) is 5.71. The van der Waals surface area contributed by atoms with Gasteiger partial charge in [0.05, 0.1) is 10.0 Å². The molecule has 7 heteroatoms. The van der Waals surface area contributed by atoms with Crippen molar-refractivity contribution in [3.8, 4) is 0 Å². The van der Waals surface area contributed by atoms with Gasteiger partial charge in [-0.2, -0.15) is 0 Å². The maximum absolute atomic E-state index is 11.9. The molecule has 0 atom stereocenters. The first-order valence-electron chi connectivity index (χ1n) is 6.21. The van der Waals surface area contributed by atoms with Crippen LogP contribution in [0.15, 0.2) is 47.4 Å². The summed E-state index contributed by atoms with van der Waals surface area (Å²) < 4.78 is 0. The molecule has 0 spiro atoms. The monoisotopic (exact) mass is 354 g/mol. The van der Waals surface area contributed by atoms with Crippen LogP contribution >= 0.6 is 35.0 Å². The lowest BCUT2D eigenvalue weighted by molar-refractivity contribution is -0.132. The van der Waals surface area contributed by atoms with Crippen LogP contribution in [0, 0.1) is 0 Å². The molecule has 0 aliphatic rings. The number of carbonyl (C=O) groups is 2. The summed E-state index contributed by atoms with van der Waals surface area (Å²) in [6.45, 7) is 0. The Bertz CT molecular complexity index is 722. The van der Waals surface area contributed by atoms with Gasteiger partial charge in [-0.3, -0.25) is 9.59 Å². The largest absolute Gasteiger partial charge is 0.318 e. The van der Waals surface area contributed by atoms with Gasteiger partial charge in [-0.05, 0) is 42.7 Å². The predicted octanol–water partition coefficient (Wildman–Crippen LogP) is 4.29. The molecular weight excluding hydrogens is 343 g/mol. The summed E-state index contributed by atoms with van der Waals surface area (Å²) in [6, 6.07) is 11.8. The van der Waals surface area contributed by atoms with Crippen LogP contribution in [0.2, 0.25) is 10.0 Å². The maximum atomic E-state index is 11.9. The Morgan fingerprint density at radius 2 is 1.55 bits per heavy atom. The van der Waals surface area contributed by atoms with Crippen LogP contribution in [-0.4, -0.2) is 18.1 Å². The standard InChI is InChI=1S/C15H12Cl2N2O2S/c1-22-11-4-2-3-9(7-11)18-14(20)15(21)19-10-5-6-12(16)13(17)8-10/h2-8H,1H3,(H,18,20)(H,19,21). The quantitative estimate of drug-likeness (QED) is 0.638. The molecule has 114 valence electrons. The van der Waals surface area contributed by atoms with Gasteiger partial charge in [0.1, 0.15) is 0 Å². The molecule has 0 saturated heterocycles. The molecule has 4 nitrogen and oxygen atoms in total. The first-order valence-corrected chi connectivity index (χ1v) is 8.19. The van der Waals surface area contributed by atoms with Crippen molar-refractivity contribution in [2.24, 2.45) is 0 Å². The summed E-state index contributed by atoms with van der Waals surface area (Å²) in [6.07, 6.45) is 1.93. The van der Waals surface area contributed by atoms with Gasteiger partial charge >= 0.3 is 11.8 Å². The Hall–Kier alpha value is -1.69. The van der Waals surface area contributed by atoms with E-state index < -0.39 is 11.8 Å². The Morgan fingerprint density at radius 3 is 2.14 bits per heavy atom. The van der Waals surface area contributed by atoms with E-state index >= 15 is 0 Å². The summed E-state index contributed by atoms with van der Waals surface area (Å²) in [5.74, 6) is -1.54. The molecule has 0 unspecified atom stereocenters. The SMILES string of the molecule is CSc1cccc(NC(=O)C(=O)Nc2ccc(Cl)c(Cl)c2)c1. The van der Waals surface area contributed by atoms with Gasteiger partial charge < -0.3 is 10.6 Å². The molecule has 22 heavy (non-hydrogen) atoms. The Labute approximate surface area is 142 Å². The van der Waals surface area contributed by atoms with E-state index in [1.165, 1.54) is 6.07 Å². The van der Waals surface area contributed by atoms with Gasteiger partial charge in [0.25, 0.3) is 0 Å². The summed E-state index contributed by atoms with van der Waals surface area (Å²) in [5, 5.41) is 5.67. The molecular formula is C15H12Cl2N2O2S. The Morgan fingerprint density at radius 1 is 0.909 bits per heavy atom. The van der Waals surface area contributed by atoms with Gasteiger partial charge in [-0.15, -0.1) is 11.8 Å². The summed E-state index contributed by atoms with van der Waals surface area (Å²) in [5.41, 5.74) is 0.952. The van der Waals surface area contributed by atoms with Gasteiger partial charge in [0.15, 0.2) is 0 Å². The molecule has 2 rings (SSSR count). The molecule has 2 N–H and O–H groups in total. The molecule has 0 aliphatic heterocycles. The average molecular weight is 355 g/mol. The van der Waals surface area contributed by atoms with E-state index in [9.17, 15) is 9.59 Å². The molecule has 2 amide bonds. The zero-order chi connectivity index (χ0) is 16.1. The minimum Gasteiger partial charge on any atom is -0.318 e. The number of carbonyl (C=O) groups excluding carboxylic acids is 2. The summed E-state index contributed by atoms with van der Waals surface area (Å²) in [4.78, 5) is 24.7. The van der Waals surface area contributed by atoms with Crippen molar-refractivity contribution in [1.82, 2.24) is 0 Å². The van der Waals surface area contributed by atoms with E-state index in [0.717, 1.165) is 4.90 Å². The fourth-order valence-corrected chi connectivity index (χ4v) is 2.41. The van der Waals surface area contributed by atoms with Crippen molar-refractivity contribution in [3.05, 3.63) is 52.5 Å². The molecule has 0 aromatic heterocycles. The summed E-state index contributed by atoms with van der Waals surface area (Å²) in [7, 11) is 0. The molecule has 2 aromatic carbocycles. The number of halogens is 2. The molecule has 2 aromatic rings. The molecule has 0 aliphatic carbocycles. The molecule has 0 fully saturated rings. The number of hydrogen-bond donors (Lipinski definition) is 2. The van der Waals surface area contributed by atoms with E-state index in [-0.39, 0.29) is 0 Å². The van der Waals surface area contributed by atoms with Gasteiger partial charge in [0, 0.05) is 16.3 Å². The fraction of sp³-hybridized carbons (Fsp3) is 0.0667. The van der Waals surface area contributed by atoms with Crippen LogP contribution in [0.5, 0.6) is 0 Å². The zero-order valence-corrected chi connectivity index (χ0v) is 13.9. The second kappa shape index (κ2) is 7.54. The van der Waals surface area contributed by atoms with Crippen molar-refractivity contribution in [2.45, 2.75) is 4.90 Å². The van der Waals surface area contributed by atoms with E-state index in [4.69, 9.17) is 23.2 Å². The highest BCUT2D eigenvalue weighted by atomic mass is 35.5. The number of amides is 2. The van der Waals surface area contributed by atoms with Crippen molar-refractivity contribution < 1.29 is 9.59 Å². The topological polar surface area (TPSA) is 58.2 Å². The third-order valence-electron chi connectivity index (χ3n) is 2.71. The van der Waals surface area contributed by atoms with Gasteiger partial charge in [-0.25, -0.2) is 0 Å².